The minimum Gasteiger partial charge on any atom is -0.488 e. The molecule has 2 N–H and O–H groups in total. The molecule has 30 heavy (non-hydrogen) atoms. The Kier molecular flexibility index (Phi) is 7.57. The number of carbonyl (C=O) groups is 1. The lowest BCUT2D eigenvalue weighted by atomic mass is 10.1. The van der Waals surface area contributed by atoms with E-state index < -0.39 is 0 Å². The third-order valence-electron chi connectivity index (χ3n) is 4.84. The van der Waals surface area contributed by atoms with Crippen LogP contribution in [-0.2, 0) is 13.2 Å². The van der Waals surface area contributed by atoms with Crippen LogP contribution in [0, 0.1) is 12.7 Å². The number of amides is 1. The van der Waals surface area contributed by atoms with E-state index in [1.807, 2.05) is 43.3 Å². The quantitative estimate of drug-likeness (QED) is 0.560. The fraction of sp³-hybridized carbons (Fsp3) is 0.240. The number of nitrogens with two attached hydrogens (primary N) is 1. The summed E-state index contributed by atoms with van der Waals surface area (Å²) in [6.45, 7) is 3.80. The highest BCUT2D eigenvalue weighted by Gasteiger charge is 2.20. The zero-order chi connectivity index (χ0) is 21.3. The molecule has 3 aromatic rings. The molecule has 0 bridgehead atoms. The first kappa shape index (κ1) is 21.5. The number of aryl methyl sites for hydroxylation is 1. The van der Waals surface area contributed by atoms with Gasteiger partial charge >= 0.3 is 0 Å². The first-order chi connectivity index (χ1) is 14.6. The van der Waals surface area contributed by atoms with Crippen LogP contribution >= 0.6 is 0 Å². The van der Waals surface area contributed by atoms with Crippen molar-refractivity contribution in [3.05, 3.63) is 101 Å². The minimum atomic E-state index is -0.298. The highest BCUT2D eigenvalue weighted by molar-refractivity contribution is 5.96. The van der Waals surface area contributed by atoms with Gasteiger partial charge in [0, 0.05) is 13.1 Å². The van der Waals surface area contributed by atoms with E-state index in [0.29, 0.717) is 44.0 Å². The van der Waals surface area contributed by atoms with E-state index in [2.05, 4.69) is 0 Å². The third-order valence-corrected chi connectivity index (χ3v) is 4.84. The maximum Gasteiger partial charge on any atom is 0.257 e. The van der Waals surface area contributed by atoms with Crippen LogP contribution in [0.1, 0.15) is 33.5 Å². The summed E-state index contributed by atoms with van der Waals surface area (Å²) in [7, 11) is 0. The molecule has 0 aliphatic carbocycles. The van der Waals surface area contributed by atoms with E-state index in [-0.39, 0.29) is 11.7 Å². The van der Waals surface area contributed by atoms with Gasteiger partial charge in [0.05, 0.1) is 5.56 Å². The molecule has 156 valence electrons. The van der Waals surface area contributed by atoms with Crippen LogP contribution in [-0.4, -0.2) is 23.9 Å². The Balaban J connectivity index is 1.77. The Bertz CT molecular complexity index is 956. The summed E-state index contributed by atoms with van der Waals surface area (Å²) in [5, 5.41) is 0. The first-order valence-electron chi connectivity index (χ1n) is 10.1. The van der Waals surface area contributed by atoms with Crippen molar-refractivity contribution < 1.29 is 13.9 Å². The van der Waals surface area contributed by atoms with Crippen LogP contribution < -0.4 is 10.5 Å². The maximum absolute atomic E-state index is 13.3. The Morgan fingerprint density at radius 1 is 0.967 bits per heavy atom. The van der Waals surface area contributed by atoms with Crippen LogP contribution in [0.2, 0.25) is 0 Å². The van der Waals surface area contributed by atoms with E-state index in [4.69, 9.17) is 10.5 Å². The van der Waals surface area contributed by atoms with Gasteiger partial charge in [-0.15, -0.1) is 0 Å². The van der Waals surface area contributed by atoms with Crippen molar-refractivity contribution in [1.82, 2.24) is 4.90 Å². The van der Waals surface area contributed by atoms with Crippen molar-refractivity contribution in [1.29, 1.82) is 0 Å². The Morgan fingerprint density at radius 3 is 2.33 bits per heavy atom. The summed E-state index contributed by atoms with van der Waals surface area (Å²) in [6.07, 6.45) is 0.680. The normalized spacial score (nSPS) is 10.6. The Labute approximate surface area is 177 Å². The summed E-state index contributed by atoms with van der Waals surface area (Å²) in [5.41, 5.74) is 9.26. The topological polar surface area (TPSA) is 55.6 Å². The van der Waals surface area contributed by atoms with Crippen LogP contribution in [0.25, 0.3) is 0 Å². The smallest absolute Gasteiger partial charge is 0.257 e. The van der Waals surface area contributed by atoms with Gasteiger partial charge in [0.25, 0.3) is 5.91 Å². The van der Waals surface area contributed by atoms with E-state index in [0.717, 1.165) is 11.1 Å². The van der Waals surface area contributed by atoms with Crippen LogP contribution in [0.15, 0.2) is 72.8 Å². The number of rotatable bonds is 9. The van der Waals surface area contributed by atoms with Gasteiger partial charge in [0.1, 0.15) is 18.2 Å². The number of hydrogen-bond donors (Lipinski definition) is 1. The van der Waals surface area contributed by atoms with Gasteiger partial charge in [-0.2, -0.15) is 0 Å². The van der Waals surface area contributed by atoms with E-state index in [9.17, 15) is 9.18 Å². The molecule has 0 saturated heterocycles. The summed E-state index contributed by atoms with van der Waals surface area (Å²) >= 11 is 0. The summed E-state index contributed by atoms with van der Waals surface area (Å²) in [6, 6.07) is 21.5. The molecule has 0 aromatic heterocycles. The maximum atomic E-state index is 13.3. The minimum absolute atomic E-state index is 0.132. The van der Waals surface area contributed by atoms with Crippen LogP contribution in [0.4, 0.5) is 4.39 Å². The summed E-state index contributed by atoms with van der Waals surface area (Å²) < 4.78 is 19.2. The number of halogens is 1. The summed E-state index contributed by atoms with van der Waals surface area (Å²) in [5.74, 6) is 0.112. The average molecular weight is 407 g/mol. The molecule has 0 aliphatic rings. The second-order valence-electron chi connectivity index (χ2n) is 7.27. The van der Waals surface area contributed by atoms with Gasteiger partial charge < -0.3 is 15.4 Å². The second-order valence-corrected chi connectivity index (χ2v) is 7.27. The lowest BCUT2D eigenvalue weighted by Crippen LogP contribution is -2.32. The van der Waals surface area contributed by atoms with Crippen molar-refractivity contribution >= 4 is 5.91 Å². The van der Waals surface area contributed by atoms with Crippen molar-refractivity contribution in [2.75, 3.05) is 13.1 Å². The predicted molar refractivity (Wildman–Crippen MR) is 117 cm³/mol. The largest absolute Gasteiger partial charge is 0.488 e. The van der Waals surface area contributed by atoms with E-state index in [1.54, 1.807) is 29.2 Å². The van der Waals surface area contributed by atoms with Crippen LogP contribution in [0.5, 0.6) is 5.75 Å². The third kappa shape index (κ3) is 5.91. The number of ether oxygens (including phenoxy) is 1. The molecular formula is C25H27FN2O2. The molecule has 0 fully saturated rings. The molecule has 1 amide bonds. The molecule has 5 heteroatoms. The van der Waals surface area contributed by atoms with Crippen molar-refractivity contribution in [2.45, 2.75) is 26.5 Å². The molecule has 4 nitrogen and oxygen atoms in total. The van der Waals surface area contributed by atoms with Gasteiger partial charge in [0.2, 0.25) is 0 Å². The lowest BCUT2D eigenvalue weighted by Gasteiger charge is -2.24. The number of hydrogen-bond acceptors (Lipinski definition) is 3. The van der Waals surface area contributed by atoms with Gasteiger partial charge in [-0.25, -0.2) is 4.39 Å². The Hall–Kier alpha value is -3.18. The Morgan fingerprint density at radius 2 is 1.63 bits per heavy atom. The molecule has 0 spiro atoms. The van der Waals surface area contributed by atoms with Gasteiger partial charge in [-0.05, 0) is 55.3 Å². The number of para-hydroxylation sites is 1. The SMILES string of the molecule is Cc1ccc(COc2ccccc2C(=O)N(CCCN)Cc2ccc(F)cc2)cc1. The molecule has 0 radical (unpaired) electrons. The molecule has 0 unspecified atom stereocenters. The number of nitrogens with zero attached hydrogens (tertiary/aromatic N) is 1. The standard InChI is InChI=1S/C25H27FN2O2/c1-19-7-9-21(10-8-19)18-30-24-6-3-2-5-23(24)25(29)28(16-4-15-27)17-20-11-13-22(26)14-12-20/h2-3,5-14H,4,15-18,27H2,1H3. The van der Waals surface area contributed by atoms with Gasteiger partial charge in [-0.3, -0.25) is 4.79 Å². The lowest BCUT2D eigenvalue weighted by molar-refractivity contribution is 0.0737. The van der Waals surface area contributed by atoms with Crippen LogP contribution in [0.3, 0.4) is 0 Å². The average Bonchev–Trinajstić information content (AvgIpc) is 2.77. The molecule has 0 atom stereocenters. The fourth-order valence-electron chi connectivity index (χ4n) is 3.13. The highest BCUT2D eigenvalue weighted by Crippen LogP contribution is 2.22. The molecule has 0 saturated carbocycles. The van der Waals surface area contributed by atoms with Crippen molar-refractivity contribution in [3.8, 4) is 5.75 Å². The molecule has 3 aromatic carbocycles. The highest BCUT2D eigenvalue weighted by atomic mass is 19.1. The van der Waals surface area contributed by atoms with Crippen molar-refractivity contribution in [3.63, 3.8) is 0 Å². The fourth-order valence-corrected chi connectivity index (χ4v) is 3.13. The van der Waals surface area contributed by atoms with Gasteiger partial charge in [-0.1, -0.05) is 54.1 Å². The second kappa shape index (κ2) is 10.6. The molecular weight excluding hydrogens is 379 g/mol. The van der Waals surface area contributed by atoms with E-state index in [1.165, 1.54) is 17.7 Å². The summed E-state index contributed by atoms with van der Waals surface area (Å²) in [4.78, 5) is 15.1. The molecule has 0 heterocycles. The monoisotopic (exact) mass is 406 g/mol. The predicted octanol–water partition coefficient (Wildman–Crippen LogP) is 4.70. The molecule has 3 rings (SSSR count). The number of carbonyl (C=O) groups excluding carboxylic acids is 1. The van der Waals surface area contributed by atoms with Gasteiger partial charge in [0.15, 0.2) is 0 Å². The molecule has 0 aliphatic heterocycles. The first-order valence-corrected chi connectivity index (χ1v) is 10.1. The van der Waals surface area contributed by atoms with E-state index >= 15 is 0 Å². The zero-order valence-electron chi connectivity index (χ0n) is 17.2. The zero-order valence-corrected chi connectivity index (χ0v) is 17.2. The van der Waals surface area contributed by atoms with Crippen molar-refractivity contribution in [2.24, 2.45) is 5.73 Å². The number of benzene rings is 3.